The van der Waals surface area contributed by atoms with E-state index in [1.54, 1.807) is 10.9 Å². The molecule has 1 fully saturated rings. The molecule has 0 unspecified atom stereocenters. The maximum atomic E-state index is 12.7. The zero-order valence-corrected chi connectivity index (χ0v) is 15.7. The molecule has 1 aliphatic carbocycles. The number of aryl methyl sites for hydroxylation is 1. The van der Waals surface area contributed by atoms with Crippen LogP contribution in [0.3, 0.4) is 0 Å². The van der Waals surface area contributed by atoms with E-state index < -0.39 is 11.9 Å². The normalized spacial score (nSPS) is 14.6. The first-order chi connectivity index (χ1) is 13.5. The molecule has 10 heteroatoms. The molecule has 2 amide bonds. The van der Waals surface area contributed by atoms with Gasteiger partial charge in [-0.2, -0.15) is 10.2 Å². The number of carbonyl (C=O) groups is 3. The minimum atomic E-state index is -1.11. The zero-order chi connectivity index (χ0) is 20.1. The van der Waals surface area contributed by atoms with Crippen LogP contribution in [0.5, 0.6) is 0 Å². The maximum Gasteiger partial charge on any atom is 0.338 e. The quantitative estimate of drug-likeness (QED) is 0.659. The van der Waals surface area contributed by atoms with E-state index in [1.165, 1.54) is 23.5 Å². The summed E-state index contributed by atoms with van der Waals surface area (Å²) in [7, 11) is 0. The number of carbonyl (C=O) groups excluding carboxylic acids is 2. The summed E-state index contributed by atoms with van der Waals surface area (Å²) in [6.45, 7) is 2.27. The summed E-state index contributed by atoms with van der Waals surface area (Å²) in [5.74, 6) is -1.85. The van der Waals surface area contributed by atoms with Gasteiger partial charge < -0.3 is 15.7 Å². The number of hydrogen-bond acceptors (Lipinski definition) is 5. The van der Waals surface area contributed by atoms with E-state index in [0.717, 1.165) is 25.7 Å². The number of amides is 2. The lowest BCUT2D eigenvalue weighted by atomic mass is 9.95. The third kappa shape index (κ3) is 4.76. The zero-order valence-electron chi connectivity index (χ0n) is 15.7. The second-order valence-electron chi connectivity index (χ2n) is 6.84. The summed E-state index contributed by atoms with van der Waals surface area (Å²) >= 11 is 0. The van der Waals surface area contributed by atoms with Crippen molar-refractivity contribution in [2.24, 2.45) is 0 Å². The summed E-state index contributed by atoms with van der Waals surface area (Å²) in [6.07, 6.45) is 9.34. The number of aromatic carboxylic acids is 1. The van der Waals surface area contributed by atoms with Gasteiger partial charge in [0.15, 0.2) is 5.69 Å². The van der Waals surface area contributed by atoms with Crippen LogP contribution in [0.15, 0.2) is 18.6 Å². The van der Waals surface area contributed by atoms with Crippen molar-refractivity contribution in [3.05, 3.63) is 29.8 Å². The predicted octanol–water partition coefficient (Wildman–Crippen LogP) is 1.50. The van der Waals surface area contributed by atoms with Crippen molar-refractivity contribution in [1.29, 1.82) is 0 Å². The minimum Gasteiger partial charge on any atom is -0.478 e. The van der Waals surface area contributed by atoms with Crippen LogP contribution in [0.4, 0.5) is 5.69 Å². The third-order valence-corrected chi connectivity index (χ3v) is 4.70. The molecule has 0 bridgehead atoms. The highest BCUT2D eigenvalue weighted by molar-refractivity contribution is 6.02. The molecule has 0 atom stereocenters. The van der Waals surface area contributed by atoms with Crippen LogP contribution in [-0.4, -0.2) is 48.5 Å². The molecule has 2 aromatic rings. The second-order valence-corrected chi connectivity index (χ2v) is 6.84. The van der Waals surface area contributed by atoms with Crippen LogP contribution in [-0.2, 0) is 17.9 Å². The first kappa shape index (κ1) is 19.6. The van der Waals surface area contributed by atoms with Crippen LogP contribution in [0.25, 0.3) is 0 Å². The van der Waals surface area contributed by atoms with Crippen molar-refractivity contribution in [3.8, 4) is 0 Å². The molecule has 1 saturated carbocycles. The molecular weight excluding hydrogens is 364 g/mol. The number of anilines is 1. The molecule has 3 N–H and O–H groups in total. The fourth-order valence-electron chi connectivity index (χ4n) is 3.24. The lowest BCUT2D eigenvalue weighted by Crippen LogP contribution is -2.37. The molecule has 150 valence electrons. The number of aromatic nitrogens is 4. The number of rotatable bonds is 7. The van der Waals surface area contributed by atoms with Gasteiger partial charge in [0.25, 0.3) is 5.91 Å². The number of nitrogens with one attached hydrogen (secondary N) is 2. The summed E-state index contributed by atoms with van der Waals surface area (Å²) in [5, 5.41) is 22.7. The molecule has 0 aliphatic heterocycles. The number of hydrogen-bond donors (Lipinski definition) is 3. The predicted molar refractivity (Wildman–Crippen MR) is 100 cm³/mol. The molecule has 10 nitrogen and oxygen atoms in total. The van der Waals surface area contributed by atoms with Gasteiger partial charge in [0.1, 0.15) is 6.54 Å². The molecule has 0 aromatic carbocycles. The van der Waals surface area contributed by atoms with E-state index in [2.05, 4.69) is 20.8 Å². The summed E-state index contributed by atoms with van der Waals surface area (Å²) in [6, 6.07) is 0.134. The third-order valence-electron chi connectivity index (χ3n) is 4.70. The Morgan fingerprint density at radius 1 is 1.18 bits per heavy atom. The highest BCUT2D eigenvalue weighted by atomic mass is 16.4. The van der Waals surface area contributed by atoms with Crippen LogP contribution < -0.4 is 10.6 Å². The lowest BCUT2D eigenvalue weighted by Gasteiger charge is -2.22. The van der Waals surface area contributed by atoms with Gasteiger partial charge in [-0.1, -0.05) is 19.3 Å². The summed E-state index contributed by atoms with van der Waals surface area (Å²) < 4.78 is 2.81. The van der Waals surface area contributed by atoms with Gasteiger partial charge in [-0.25, -0.2) is 4.79 Å². The Balaban J connectivity index is 1.68. The Hall–Kier alpha value is -3.17. The molecule has 3 rings (SSSR count). The Bertz CT molecular complexity index is 865. The summed E-state index contributed by atoms with van der Waals surface area (Å²) in [5.41, 5.74) is 0.498. The second kappa shape index (κ2) is 8.68. The fourth-order valence-corrected chi connectivity index (χ4v) is 3.24. The fraction of sp³-hybridized carbons (Fsp3) is 0.500. The largest absolute Gasteiger partial charge is 0.478 e. The highest BCUT2D eigenvalue weighted by Gasteiger charge is 2.22. The van der Waals surface area contributed by atoms with E-state index >= 15 is 0 Å². The average Bonchev–Trinajstić information content (AvgIpc) is 3.29. The Morgan fingerprint density at radius 2 is 1.93 bits per heavy atom. The average molecular weight is 388 g/mol. The van der Waals surface area contributed by atoms with Gasteiger partial charge in [-0.3, -0.25) is 19.0 Å². The van der Waals surface area contributed by atoms with Crippen molar-refractivity contribution >= 4 is 23.5 Å². The SMILES string of the molecule is CCn1cc(NC(=O)Cn2cc(C(=O)O)cn2)c(C(=O)NC2CCCCC2)n1. The highest BCUT2D eigenvalue weighted by Crippen LogP contribution is 2.19. The molecule has 28 heavy (non-hydrogen) atoms. The van der Waals surface area contributed by atoms with Crippen molar-refractivity contribution in [2.75, 3.05) is 5.32 Å². The Labute approximate surface area is 161 Å². The Morgan fingerprint density at radius 3 is 2.57 bits per heavy atom. The minimum absolute atomic E-state index is 0.000786. The van der Waals surface area contributed by atoms with Crippen LogP contribution in [0.1, 0.15) is 59.9 Å². The molecule has 0 spiro atoms. The number of nitrogens with zero attached hydrogens (tertiary/aromatic N) is 4. The lowest BCUT2D eigenvalue weighted by molar-refractivity contribution is -0.116. The van der Waals surface area contributed by atoms with E-state index in [9.17, 15) is 14.4 Å². The van der Waals surface area contributed by atoms with Gasteiger partial charge >= 0.3 is 5.97 Å². The number of carboxylic acid groups (broad SMARTS) is 1. The van der Waals surface area contributed by atoms with Crippen molar-refractivity contribution in [3.63, 3.8) is 0 Å². The van der Waals surface area contributed by atoms with Gasteiger partial charge in [0.05, 0.1) is 17.4 Å². The van der Waals surface area contributed by atoms with Gasteiger partial charge in [-0.15, -0.1) is 0 Å². The van der Waals surface area contributed by atoms with E-state index in [1.807, 2.05) is 6.92 Å². The van der Waals surface area contributed by atoms with Gasteiger partial charge in [0.2, 0.25) is 5.91 Å². The van der Waals surface area contributed by atoms with E-state index in [-0.39, 0.29) is 29.8 Å². The van der Waals surface area contributed by atoms with Crippen molar-refractivity contribution in [2.45, 2.75) is 58.2 Å². The van der Waals surface area contributed by atoms with Crippen LogP contribution in [0, 0.1) is 0 Å². The first-order valence-electron chi connectivity index (χ1n) is 9.40. The first-order valence-corrected chi connectivity index (χ1v) is 9.40. The van der Waals surface area contributed by atoms with Gasteiger partial charge in [0, 0.05) is 25.0 Å². The standard InChI is InChI=1S/C18H24N6O4/c1-2-23-10-14(16(22-23)17(26)20-13-6-4-3-5-7-13)21-15(25)11-24-9-12(8-19-24)18(27)28/h8-10,13H,2-7,11H2,1H3,(H,20,26)(H,21,25)(H,27,28). The Kier molecular flexibility index (Phi) is 6.07. The van der Waals surface area contributed by atoms with Crippen molar-refractivity contribution in [1.82, 2.24) is 24.9 Å². The molecular formula is C18H24N6O4. The molecule has 2 heterocycles. The van der Waals surface area contributed by atoms with Crippen molar-refractivity contribution < 1.29 is 19.5 Å². The van der Waals surface area contributed by atoms with Crippen LogP contribution >= 0.6 is 0 Å². The molecule has 2 aromatic heterocycles. The number of carboxylic acids is 1. The summed E-state index contributed by atoms with van der Waals surface area (Å²) in [4.78, 5) is 35.9. The molecule has 1 aliphatic rings. The monoisotopic (exact) mass is 388 g/mol. The smallest absolute Gasteiger partial charge is 0.338 e. The van der Waals surface area contributed by atoms with Crippen LogP contribution in [0.2, 0.25) is 0 Å². The van der Waals surface area contributed by atoms with E-state index in [0.29, 0.717) is 12.2 Å². The van der Waals surface area contributed by atoms with Gasteiger partial charge in [-0.05, 0) is 19.8 Å². The maximum absolute atomic E-state index is 12.7. The topological polar surface area (TPSA) is 131 Å². The molecule has 0 radical (unpaired) electrons. The molecule has 0 saturated heterocycles. The van der Waals surface area contributed by atoms with E-state index in [4.69, 9.17) is 5.11 Å².